The summed E-state index contributed by atoms with van der Waals surface area (Å²) in [6.07, 6.45) is 32.4. The Kier molecular flexibility index (Phi) is 52.0. The Bertz CT molecular complexity index is 1650. The fraction of sp³-hybridized carbons (Fsp3) is 0.937. The maximum atomic E-state index is 13.0. The lowest BCUT2D eigenvalue weighted by molar-refractivity contribution is -0.161. The van der Waals surface area contributed by atoms with Crippen LogP contribution in [0.5, 0.6) is 0 Å². The highest BCUT2D eigenvalue weighted by atomic mass is 31.2. The number of carbonyl (C=O) groups excluding carboxylic acids is 4. The maximum Gasteiger partial charge on any atom is 0.472 e. The van der Waals surface area contributed by atoms with E-state index in [4.69, 9.17) is 37.0 Å². The van der Waals surface area contributed by atoms with Crippen molar-refractivity contribution in [3.8, 4) is 0 Å². The van der Waals surface area contributed by atoms with Gasteiger partial charge in [0.05, 0.1) is 26.4 Å². The molecular weight excluding hydrogens is 1090 g/mol. The number of unbranched alkanes of at least 4 members (excludes halogenated alkanes) is 25. The summed E-state index contributed by atoms with van der Waals surface area (Å²) < 4.78 is 67.9. The molecule has 0 aromatic rings. The molecule has 17 nitrogen and oxygen atoms in total. The number of esters is 4. The molecule has 0 aliphatic heterocycles. The van der Waals surface area contributed by atoms with Crippen LogP contribution in [0.25, 0.3) is 0 Å². The van der Waals surface area contributed by atoms with Gasteiger partial charge in [-0.2, -0.15) is 0 Å². The van der Waals surface area contributed by atoms with E-state index in [1.165, 1.54) is 89.9 Å². The molecular formula is C63H122O17P2. The van der Waals surface area contributed by atoms with E-state index in [0.717, 1.165) is 109 Å². The van der Waals surface area contributed by atoms with Crippen molar-refractivity contribution in [1.29, 1.82) is 0 Å². The van der Waals surface area contributed by atoms with Crippen LogP contribution in [-0.4, -0.2) is 96.7 Å². The fourth-order valence-electron chi connectivity index (χ4n) is 9.22. The molecule has 0 aromatic heterocycles. The molecule has 0 rings (SSSR count). The molecule has 3 unspecified atom stereocenters. The highest BCUT2D eigenvalue weighted by Gasteiger charge is 2.30. The molecule has 0 aliphatic carbocycles. The molecule has 0 fully saturated rings. The zero-order valence-electron chi connectivity index (χ0n) is 53.1. The molecule has 82 heavy (non-hydrogen) atoms. The summed E-state index contributed by atoms with van der Waals surface area (Å²) in [5, 5.41) is 10.5. The van der Waals surface area contributed by atoms with E-state index >= 15 is 0 Å². The van der Waals surface area contributed by atoms with Gasteiger partial charge in [-0.1, -0.05) is 248 Å². The van der Waals surface area contributed by atoms with E-state index in [-0.39, 0.29) is 25.7 Å². The van der Waals surface area contributed by atoms with Crippen molar-refractivity contribution in [3.63, 3.8) is 0 Å². The molecule has 0 saturated carbocycles. The average molecular weight is 1210 g/mol. The van der Waals surface area contributed by atoms with Crippen molar-refractivity contribution in [2.24, 2.45) is 23.7 Å². The molecule has 0 bridgehead atoms. The predicted molar refractivity (Wildman–Crippen MR) is 326 cm³/mol. The van der Waals surface area contributed by atoms with Gasteiger partial charge >= 0.3 is 39.5 Å². The van der Waals surface area contributed by atoms with E-state index in [2.05, 4.69) is 55.4 Å². The van der Waals surface area contributed by atoms with Gasteiger partial charge < -0.3 is 33.8 Å². The van der Waals surface area contributed by atoms with E-state index in [1.807, 2.05) is 0 Å². The first-order chi connectivity index (χ1) is 39.1. The molecule has 0 heterocycles. The Labute approximate surface area is 498 Å². The summed E-state index contributed by atoms with van der Waals surface area (Å²) in [6, 6.07) is 0. The second kappa shape index (κ2) is 53.3. The van der Waals surface area contributed by atoms with Gasteiger partial charge in [-0.3, -0.25) is 37.3 Å². The Morgan fingerprint density at radius 2 is 0.585 bits per heavy atom. The number of rotatable bonds is 60. The van der Waals surface area contributed by atoms with Crippen molar-refractivity contribution in [1.82, 2.24) is 0 Å². The van der Waals surface area contributed by atoms with Gasteiger partial charge in [0, 0.05) is 25.7 Å². The van der Waals surface area contributed by atoms with Crippen molar-refractivity contribution < 1.29 is 80.2 Å². The van der Waals surface area contributed by atoms with Gasteiger partial charge in [0.1, 0.15) is 19.3 Å². The van der Waals surface area contributed by atoms with Crippen LogP contribution in [0.4, 0.5) is 0 Å². The van der Waals surface area contributed by atoms with E-state index < -0.39 is 97.5 Å². The van der Waals surface area contributed by atoms with Crippen LogP contribution in [0.1, 0.15) is 299 Å². The number of phosphoric acid groups is 2. The third-order valence-electron chi connectivity index (χ3n) is 14.7. The molecule has 0 aromatic carbocycles. The van der Waals surface area contributed by atoms with Gasteiger partial charge in [0.15, 0.2) is 12.2 Å². The van der Waals surface area contributed by atoms with Gasteiger partial charge in [-0.05, 0) is 49.4 Å². The van der Waals surface area contributed by atoms with Crippen LogP contribution in [0.3, 0.4) is 0 Å². The number of hydrogen-bond donors (Lipinski definition) is 3. The molecule has 19 heteroatoms. The Balaban J connectivity index is 5.24. The second-order valence-electron chi connectivity index (χ2n) is 24.5. The summed E-state index contributed by atoms with van der Waals surface area (Å²) in [4.78, 5) is 72.1. The monoisotopic (exact) mass is 1210 g/mol. The minimum absolute atomic E-state index is 0.100. The number of aliphatic hydroxyl groups is 1. The van der Waals surface area contributed by atoms with Crippen LogP contribution in [0, 0.1) is 23.7 Å². The highest BCUT2D eigenvalue weighted by Crippen LogP contribution is 2.45. The molecule has 0 radical (unpaired) electrons. The number of hydrogen-bond acceptors (Lipinski definition) is 15. The molecule has 0 amide bonds. The van der Waals surface area contributed by atoms with Crippen molar-refractivity contribution in [2.75, 3.05) is 39.6 Å². The Morgan fingerprint density at radius 1 is 0.341 bits per heavy atom. The highest BCUT2D eigenvalue weighted by molar-refractivity contribution is 7.47. The van der Waals surface area contributed by atoms with Gasteiger partial charge in [0.2, 0.25) is 0 Å². The SMILES string of the molecule is CCC(C)CCCCCCCCCCCCC(=O)O[C@H](COC(=O)CCCCCCCCCC(C)C)COP(=O)(O)OC[C@@H](O)COP(=O)(O)OC[C@@H](COC(=O)CCCCCCCCC(C)C)OC(=O)CCCCCCCCC(C)C. The molecule has 0 spiro atoms. The number of phosphoric ester groups is 2. The van der Waals surface area contributed by atoms with Crippen molar-refractivity contribution in [3.05, 3.63) is 0 Å². The van der Waals surface area contributed by atoms with E-state index in [9.17, 15) is 43.2 Å². The van der Waals surface area contributed by atoms with Crippen LogP contribution in [0.2, 0.25) is 0 Å². The molecule has 6 atom stereocenters. The lowest BCUT2D eigenvalue weighted by Gasteiger charge is -2.21. The predicted octanol–water partition coefficient (Wildman–Crippen LogP) is 17.0. The van der Waals surface area contributed by atoms with Crippen LogP contribution in [-0.2, 0) is 65.4 Å². The minimum atomic E-state index is -4.94. The van der Waals surface area contributed by atoms with Gasteiger partial charge in [-0.15, -0.1) is 0 Å². The van der Waals surface area contributed by atoms with Gasteiger partial charge in [-0.25, -0.2) is 9.13 Å². The van der Waals surface area contributed by atoms with Crippen molar-refractivity contribution >= 4 is 39.5 Å². The summed E-state index contributed by atoms with van der Waals surface area (Å²) >= 11 is 0. The lowest BCUT2D eigenvalue weighted by Crippen LogP contribution is -2.30. The lowest BCUT2D eigenvalue weighted by atomic mass is 9.99. The van der Waals surface area contributed by atoms with E-state index in [0.29, 0.717) is 43.4 Å². The maximum absolute atomic E-state index is 13.0. The molecule has 0 saturated heterocycles. The minimum Gasteiger partial charge on any atom is -0.462 e. The third-order valence-corrected chi connectivity index (χ3v) is 16.6. The van der Waals surface area contributed by atoms with Gasteiger partial charge in [0.25, 0.3) is 0 Å². The van der Waals surface area contributed by atoms with Crippen LogP contribution < -0.4 is 0 Å². The summed E-state index contributed by atoms with van der Waals surface area (Å²) in [5.41, 5.74) is 0. The first-order valence-electron chi connectivity index (χ1n) is 32.7. The second-order valence-corrected chi connectivity index (χ2v) is 27.4. The van der Waals surface area contributed by atoms with Crippen LogP contribution in [0.15, 0.2) is 0 Å². The normalized spacial score (nSPS) is 14.8. The van der Waals surface area contributed by atoms with Crippen LogP contribution >= 0.6 is 15.6 Å². The average Bonchev–Trinajstić information content (AvgIpc) is 3.45. The first-order valence-corrected chi connectivity index (χ1v) is 35.7. The third kappa shape index (κ3) is 55.9. The Hall–Kier alpha value is -1.94. The standard InChI is InChI=1S/C63H122O17P2/c1-9-56(8)42-34-26-16-12-10-11-13-17-29-37-45-62(67)79-58(49-73-60(65)43-35-27-18-14-15-23-31-39-53(2)3)51-77-81(69,70)75-47-57(64)48-76-82(71,72)78-52-59(80-63(68)46-38-30-22-20-25-33-41-55(6)7)50-74-61(66)44-36-28-21-19-24-32-40-54(4)5/h53-59,64H,9-52H2,1-8H3,(H,69,70)(H,71,72)/t56?,57-,58-,59-/m1/s1. The summed E-state index contributed by atoms with van der Waals surface area (Å²) in [6.45, 7) is 13.9. The molecule has 0 aliphatic rings. The Morgan fingerprint density at radius 3 is 0.866 bits per heavy atom. The van der Waals surface area contributed by atoms with E-state index in [1.54, 1.807) is 0 Å². The fourth-order valence-corrected chi connectivity index (χ4v) is 10.8. The number of aliphatic hydroxyl groups excluding tert-OH is 1. The molecule has 3 N–H and O–H groups in total. The summed E-state index contributed by atoms with van der Waals surface area (Å²) in [7, 11) is -9.89. The summed E-state index contributed by atoms with van der Waals surface area (Å²) in [5.74, 6) is 0.711. The molecule has 486 valence electrons. The smallest absolute Gasteiger partial charge is 0.462 e. The quantitative estimate of drug-likeness (QED) is 0.0222. The first kappa shape index (κ1) is 80.1. The zero-order chi connectivity index (χ0) is 61.1. The number of ether oxygens (including phenoxy) is 4. The van der Waals surface area contributed by atoms with Crippen molar-refractivity contribution in [2.45, 2.75) is 318 Å². The number of carbonyl (C=O) groups is 4. The largest absolute Gasteiger partial charge is 0.472 e. The topological polar surface area (TPSA) is 237 Å². The zero-order valence-corrected chi connectivity index (χ0v) is 54.9.